The summed E-state index contributed by atoms with van der Waals surface area (Å²) in [7, 11) is 1.65. The minimum Gasteiger partial charge on any atom is -0.385 e. The highest BCUT2D eigenvalue weighted by Crippen LogP contribution is 2.18. The Labute approximate surface area is 97.2 Å². The van der Waals surface area contributed by atoms with Crippen molar-refractivity contribution >= 4 is 11.6 Å². The first-order valence-corrected chi connectivity index (χ1v) is 5.76. The summed E-state index contributed by atoms with van der Waals surface area (Å²) in [4.78, 5) is 11.6. The molecule has 0 atom stereocenters. The van der Waals surface area contributed by atoms with Crippen molar-refractivity contribution in [3.63, 3.8) is 0 Å². The van der Waals surface area contributed by atoms with Gasteiger partial charge in [-0.1, -0.05) is 19.4 Å². The number of benzene rings is 1. The van der Waals surface area contributed by atoms with E-state index in [4.69, 9.17) is 0 Å². The first kappa shape index (κ1) is 12.6. The number of nitrogens with one attached hydrogen (secondary N) is 2. The van der Waals surface area contributed by atoms with Crippen molar-refractivity contribution in [2.75, 3.05) is 18.9 Å². The predicted molar refractivity (Wildman–Crippen MR) is 68.0 cm³/mol. The molecular weight excluding hydrogens is 200 g/mol. The average molecular weight is 220 g/mol. The Morgan fingerprint density at radius 2 is 2.12 bits per heavy atom. The molecule has 1 amide bonds. The van der Waals surface area contributed by atoms with Crippen molar-refractivity contribution in [2.24, 2.45) is 0 Å². The maximum absolute atomic E-state index is 11.6. The second-order valence-corrected chi connectivity index (χ2v) is 3.84. The van der Waals surface area contributed by atoms with Crippen molar-refractivity contribution in [2.45, 2.75) is 26.7 Å². The molecule has 0 aliphatic heterocycles. The molecule has 1 aromatic carbocycles. The molecule has 3 nitrogen and oxygen atoms in total. The highest BCUT2D eigenvalue weighted by atomic mass is 16.1. The lowest BCUT2D eigenvalue weighted by Crippen LogP contribution is -2.19. The number of anilines is 1. The summed E-state index contributed by atoms with van der Waals surface area (Å²) in [5.74, 6) is -0.0309. The summed E-state index contributed by atoms with van der Waals surface area (Å²) in [5.41, 5.74) is 2.80. The van der Waals surface area contributed by atoms with Crippen LogP contribution in [0, 0.1) is 6.92 Å². The molecule has 0 saturated carbocycles. The Morgan fingerprint density at radius 1 is 1.38 bits per heavy atom. The van der Waals surface area contributed by atoms with Gasteiger partial charge in [0, 0.05) is 24.8 Å². The molecule has 1 aromatic rings. The zero-order valence-electron chi connectivity index (χ0n) is 10.3. The smallest absolute Gasteiger partial charge is 0.251 e. The van der Waals surface area contributed by atoms with Gasteiger partial charge in [0.2, 0.25) is 0 Å². The molecular formula is C13H20N2O. The fraction of sp³-hybridized carbons (Fsp3) is 0.462. The summed E-state index contributed by atoms with van der Waals surface area (Å²) in [6.45, 7) is 5.09. The standard InChI is InChI=1S/C13H20N2O/c1-4-5-9-15-12-8-6-7-11(10(12)2)13(16)14-3/h6-8,15H,4-5,9H2,1-3H3,(H,14,16). The molecule has 0 heterocycles. The number of carbonyl (C=O) groups excluding carboxylic acids is 1. The normalized spacial score (nSPS) is 9.94. The molecule has 3 heteroatoms. The molecule has 0 fully saturated rings. The maximum atomic E-state index is 11.6. The second-order valence-electron chi connectivity index (χ2n) is 3.84. The van der Waals surface area contributed by atoms with E-state index in [1.165, 1.54) is 6.42 Å². The van der Waals surface area contributed by atoms with Gasteiger partial charge in [0.1, 0.15) is 0 Å². The third-order valence-corrected chi connectivity index (χ3v) is 2.65. The molecule has 16 heavy (non-hydrogen) atoms. The molecule has 1 rings (SSSR count). The second kappa shape index (κ2) is 6.16. The molecule has 0 saturated heterocycles. The van der Waals surface area contributed by atoms with Gasteiger partial charge in [-0.05, 0) is 31.0 Å². The van der Waals surface area contributed by atoms with Gasteiger partial charge in [0.25, 0.3) is 5.91 Å². The van der Waals surface area contributed by atoms with Gasteiger partial charge < -0.3 is 10.6 Å². The maximum Gasteiger partial charge on any atom is 0.251 e. The Hall–Kier alpha value is -1.51. The van der Waals surface area contributed by atoms with Crippen LogP contribution >= 0.6 is 0 Å². The highest BCUT2D eigenvalue weighted by molar-refractivity contribution is 5.96. The average Bonchev–Trinajstić information content (AvgIpc) is 2.30. The van der Waals surface area contributed by atoms with Crippen LogP contribution in [-0.4, -0.2) is 19.5 Å². The molecule has 0 aliphatic rings. The monoisotopic (exact) mass is 220 g/mol. The summed E-state index contributed by atoms with van der Waals surface area (Å²) in [5, 5.41) is 6.00. The largest absolute Gasteiger partial charge is 0.385 e. The van der Waals surface area contributed by atoms with Crippen molar-refractivity contribution < 1.29 is 4.79 Å². The van der Waals surface area contributed by atoms with Crippen molar-refractivity contribution in [3.05, 3.63) is 29.3 Å². The first-order chi connectivity index (χ1) is 7.70. The van der Waals surface area contributed by atoms with Crippen molar-refractivity contribution in [1.29, 1.82) is 0 Å². The van der Waals surface area contributed by atoms with E-state index in [0.29, 0.717) is 0 Å². The quantitative estimate of drug-likeness (QED) is 0.749. The lowest BCUT2D eigenvalue weighted by atomic mass is 10.1. The number of carbonyl (C=O) groups is 1. The van der Waals surface area contributed by atoms with Crippen LogP contribution < -0.4 is 10.6 Å². The van der Waals surface area contributed by atoms with Gasteiger partial charge in [-0.25, -0.2) is 0 Å². The van der Waals surface area contributed by atoms with Gasteiger partial charge in [0.15, 0.2) is 0 Å². The van der Waals surface area contributed by atoms with E-state index >= 15 is 0 Å². The summed E-state index contributed by atoms with van der Waals surface area (Å²) < 4.78 is 0. The molecule has 0 radical (unpaired) electrons. The van der Waals surface area contributed by atoms with Crippen molar-refractivity contribution in [3.8, 4) is 0 Å². The summed E-state index contributed by atoms with van der Waals surface area (Å²) in [6.07, 6.45) is 2.31. The van der Waals surface area contributed by atoms with Gasteiger partial charge in [-0.3, -0.25) is 4.79 Å². The third-order valence-electron chi connectivity index (χ3n) is 2.65. The lowest BCUT2D eigenvalue weighted by Gasteiger charge is -2.12. The fourth-order valence-electron chi connectivity index (χ4n) is 1.61. The van der Waals surface area contributed by atoms with E-state index < -0.39 is 0 Å². The van der Waals surface area contributed by atoms with Crippen LogP contribution in [0.4, 0.5) is 5.69 Å². The van der Waals surface area contributed by atoms with Crippen LogP contribution in [0.25, 0.3) is 0 Å². The van der Waals surface area contributed by atoms with E-state index in [1.807, 2.05) is 25.1 Å². The van der Waals surface area contributed by atoms with Crippen LogP contribution in [0.2, 0.25) is 0 Å². The molecule has 0 spiro atoms. The van der Waals surface area contributed by atoms with Crippen LogP contribution in [0.15, 0.2) is 18.2 Å². The zero-order valence-corrected chi connectivity index (χ0v) is 10.3. The van der Waals surface area contributed by atoms with Gasteiger partial charge in [0.05, 0.1) is 0 Å². The lowest BCUT2D eigenvalue weighted by molar-refractivity contribution is 0.0962. The van der Waals surface area contributed by atoms with E-state index in [0.717, 1.165) is 29.8 Å². The summed E-state index contributed by atoms with van der Waals surface area (Å²) in [6, 6.07) is 5.77. The molecule has 88 valence electrons. The van der Waals surface area contributed by atoms with E-state index in [9.17, 15) is 4.79 Å². The van der Waals surface area contributed by atoms with Crippen LogP contribution in [0.3, 0.4) is 0 Å². The minimum absolute atomic E-state index is 0.0309. The zero-order chi connectivity index (χ0) is 12.0. The molecule has 2 N–H and O–H groups in total. The van der Waals surface area contributed by atoms with Crippen LogP contribution in [0.1, 0.15) is 35.7 Å². The minimum atomic E-state index is -0.0309. The SMILES string of the molecule is CCCCNc1cccc(C(=O)NC)c1C. The number of unbranched alkanes of at least 4 members (excludes halogenated alkanes) is 1. The molecule has 0 unspecified atom stereocenters. The Balaban J connectivity index is 2.82. The Morgan fingerprint density at radius 3 is 2.75 bits per heavy atom. The van der Waals surface area contributed by atoms with Gasteiger partial charge in [-0.2, -0.15) is 0 Å². The molecule has 0 bridgehead atoms. The molecule has 0 aliphatic carbocycles. The van der Waals surface area contributed by atoms with E-state index in [1.54, 1.807) is 7.05 Å². The number of hydrogen-bond donors (Lipinski definition) is 2. The topological polar surface area (TPSA) is 41.1 Å². The Bertz CT molecular complexity index is 361. The number of amides is 1. The molecule has 0 aromatic heterocycles. The first-order valence-electron chi connectivity index (χ1n) is 5.76. The fourth-order valence-corrected chi connectivity index (χ4v) is 1.61. The van der Waals surface area contributed by atoms with Crippen molar-refractivity contribution in [1.82, 2.24) is 5.32 Å². The highest BCUT2D eigenvalue weighted by Gasteiger charge is 2.09. The summed E-state index contributed by atoms with van der Waals surface area (Å²) >= 11 is 0. The third kappa shape index (κ3) is 2.99. The van der Waals surface area contributed by atoms with Crippen LogP contribution in [0.5, 0.6) is 0 Å². The van der Waals surface area contributed by atoms with Crippen LogP contribution in [-0.2, 0) is 0 Å². The van der Waals surface area contributed by atoms with E-state index in [2.05, 4.69) is 17.6 Å². The number of rotatable bonds is 5. The van der Waals surface area contributed by atoms with Gasteiger partial charge in [-0.15, -0.1) is 0 Å². The van der Waals surface area contributed by atoms with E-state index in [-0.39, 0.29) is 5.91 Å². The predicted octanol–water partition coefficient (Wildman–Crippen LogP) is 2.57. The van der Waals surface area contributed by atoms with Gasteiger partial charge >= 0.3 is 0 Å². The number of hydrogen-bond acceptors (Lipinski definition) is 2. The Kier molecular flexibility index (Phi) is 4.83.